The van der Waals surface area contributed by atoms with Crippen LogP contribution in [0.25, 0.3) is 6.08 Å². The van der Waals surface area contributed by atoms with Crippen molar-refractivity contribution in [1.82, 2.24) is 0 Å². The Bertz CT molecular complexity index is 297. The van der Waals surface area contributed by atoms with Crippen molar-refractivity contribution in [3.63, 3.8) is 0 Å². The molecular weight excluding hydrogens is 156 g/mol. The van der Waals surface area contributed by atoms with Gasteiger partial charge in [0.25, 0.3) is 0 Å². The Balaban J connectivity index is 2.64. The number of benzene rings is 1. The lowest BCUT2D eigenvalue weighted by Gasteiger charge is -1.91. The van der Waals surface area contributed by atoms with Gasteiger partial charge in [0.05, 0.1) is 0 Å². The van der Waals surface area contributed by atoms with Crippen molar-refractivity contribution >= 4 is 6.08 Å². The quantitative estimate of drug-likeness (QED) is 0.605. The topological polar surface area (TPSA) is 0 Å². The summed E-state index contributed by atoms with van der Waals surface area (Å²) in [5.74, 6) is 0. The van der Waals surface area contributed by atoms with E-state index in [0.29, 0.717) is 0 Å². The van der Waals surface area contributed by atoms with Crippen molar-refractivity contribution in [1.29, 1.82) is 0 Å². The standard InChI is InChI=1S/C13H16/c1-3-4-5-6-7-13-10-8-12(2)9-11-13/h5,7-11H,3-4H2,1-2H3. The van der Waals surface area contributed by atoms with Crippen LogP contribution in [0.3, 0.4) is 0 Å². The highest BCUT2D eigenvalue weighted by Crippen LogP contribution is 2.04. The first-order chi connectivity index (χ1) is 6.33. The Hall–Kier alpha value is -1.26. The summed E-state index contributed by atoms with van der Waals surface area (Å²) >= 11 is 0. The minimum absolute atomic E-state index is 1.11. The molecular formula is C13H16. The second-order valence-corrected chi connectivity index (χ2v) is 3.21. The normalized spacial score (nSPS) is 9.08. The number of unbranched alkanes of at least 4 members (excludes halogenated alkanes) is 1. The van der Waals surface area contributed by atoms with E-state index < -0.39 is 0 Å². The SMILES string of the molecule is CCCC=C=Cc1ccc(C)cc1. The summed E-state index contributed by atoms with van der Waals surface area (Å²) in [4.78, 5) is 0. The molecule has 0 fully saturated rings. The highest BCUT2D eigenvalue weighted by Gasteiger charge is 1.83. The predicted molar refractivity (Wildman–Crippen MR) is 58.6 cm³/mol. The molecule has 0 saturated carbocycles. The lowest BCUT2D eigenvalue weighted by atomic mass is 10.1. The molecule has 1 aromatic rings. The first-order valence-corrected chi connectivity index (χ1v) is 4.80. The maximum Gasteiger partial charge on any atom is -0.0131 e. The average molecular weight is 172 g/mol. The summed E-state index contributed by atoms with van der Waals surface area (Å²) in [6.45, 7) is 4.27. The van der Waals surface area contributed by atoms with E-state index in [2.05, 4.69) is 49.9 Å². The number of rotatable bonds is 3. The van der Waals surface area contributed by atoms with Crippen molar-refractivity contribution in [3.8, 4) is 0 Å². The van der Waals surface area contributed by atoms with Crippen LogP contribution in [0.15, 0.2) is 36.1 Å². The molecule has 1 aromatic carbocycles. The molecule has 0 bridgehead atoms. The van der Waals surface area contributed by atoms with Crippen LogP contribution in [-0.4, -0.2) is 0 Å². The van der Waals surface area contributed by atoms with Crippen LogP contribution in [0.2, 0.25) is 0 Å². The van der Waals surface area contributed by atoms with E-state index in [1.807, 2.05) is 6.08 Å². The molecule has 0 spiro atoms. The summed E-state index contributed by atoms with van der Waals surface area (Å²) in [5.41, 5.74) is 5.69. The van der Waals surface area contributed by atoms with Crippen LogP contribution in [0.1, 0.15) is 30.9 Å². The van der Waals surface area contributed by atoms with Crippen LogP contribution in [-0.2, 0) is 0 Å². The molecule has 0 atom stereocenters. The molecule has 1 rings (SSSR count). The van der Waals surface area contributed by atoms with Gasteiger partial charge in [0, 0.05) is 0 Å². The van der Waals surface area contributed by atoms with Gasteiger partial charge >= 0.3 is 0 Å². The summed E-state index contributed by atoms with van der Waals surface area (Å²) in [7, 11) is 0. The van der Waals surface area contributed by atoms with Crippen molar-refractivity contribution < 1.29 is 0 Å². The Kier molecular flexibility index (Phi) is 4.08. The zero-order valence-electron chi connectivity index (χ0n) is 8.38. The van der Waals surface area contributed by atoms with E-state index >= 15 is 0 Å². The maximum absolute atomic E-state index is 3.17. The first kappa shape index (κ1) is 9.83. The zero-order chi connectivity index (χ0) is 9.52. The number of hydrogen-bond donors (Lipinski definition) is 0. The number of allylic oxidation sites excluding steroid dienone is 1. The molecule has 0 heteroatoms. The van der Waals surface area contributed by atoms with Gasteiger partial charge in [-0.25, -0.2) is 0 Å². The molecule has 0 aliphatic rings. The zero-order valence-corrected chi connectivity index (χ0v) is 8.38. The summed E-state index contributed by atoms with van der Waals surface area (Å²) < 4.78 is 0. The Morgan fingerprint density at radius 2 is 1.92 bits per heavy atom. The summed E-state index contributed by atoms with van der Waals surface area (Å²) in [5, 5.41) is 0. The van der Waals surface area contributed by atoms with Gasteiger partial charge in [-0.15, -0.1) is 5.73 Å². The van der Waals surface area contributed by atoms with Gasteiger partial charge in [0.2, 0.25) is 0 Å². The lowest BCUT2D eigenvalue weighted by Crippen LogP contribution is -1.71. The average Bonchev–Trinajstić information content (AvgIpc) is 2.15. The molecule has 0 aliphatic carbocycles. The second-order valence-electron chi connectivity index (χ2n) is 3.21. The highest BCUT2D eigenvalue weighted by molar-refractivity contribution is 5.48. The molecule has 0 unspecified atom stereocenters. The molecule has 0 aromatic heterocycles. The van der Waals surface area contributed by atoms with Gasteiger partial charge in [-0.3, -0.25) is 0 Å². The van der Waals surface area contributed by atoms with Gasteiger partial charge in [0.1, 0.15) is 0 Å². The maximum atomic E-state index is 3.17. The van der Waals surface area contributed by atoms with Crippen LogP contribution in [0.5, 0.6) is 0 Å². The third-order valence-electron chi connectivity index (χ3n) is 1.88. The third-order valence-corrected chi connectivity index (χ3v) is 1.88. The number of aryl methyl sites for hydroxylation is 1. The minimum Gasteiger partial charge on any atom is -0.125 e. The monoisotopic (exact) mass is 172 g/mol. The fourth-order valence-corrected chi connectivity index (χ4v) is 1.05. The van der Waals surface area contributed by atoms with E-state index in [-0.39, 0.29) is 0 Å². The molecule has 68 valence electrons. The van der Waals surface area contributed by atoms with Crippen molar-refractivity contribution in [2.24, 2.45) is 0 Å². The van der Waals surface area contributed by atoms with Crippen molar-refractivity contribution in [2.45, 2.75) is 26.7 Å². The molecule has 0 heterocycles. The smallest absolute Gasteiger partial charge is 0.0131 e. The summed E-state index contributed by atoms with van der Waals surface area (Å²) in [6, 6.07) is 8.46. The van der Waals surface area contributed by atoms with E-state index in [9.17, 15) is 0 Å². The van der Waals surface area contributed by atoms with Crippen LogP contribution in [0, 0.1) is 6.92 Å². The van der Waals surface area contributed by atoms with Crippen molar-refractivity contribution in [2.75, 3.05) is 0 Å². The van der Waals surface area contributed by atoms with E-state index in [4.69, 9.17) is 0 Å². The Morgan fingerprint density at radius 3 is 2.54 bits per heavy atom. The highest BCUT2D eigenvalue weighted by atomic mass is 13.9. The van der Waals surface area contributed by atoms with Gasteiger partial charge in [0.15, 0.2) is 0 Å². The second kappa shape index (κ2) is 5.40. The van der Waals surface area contributed by atoms with Gasteiger partial charge in [-0.2, -0.15) is 0 Å². The van der Waals surface area contributed by atoms with Crippen LogP contribution < -0.4 is 0 Å². The largest absolute Gasteiger partial charge is 0.125 e. The predicted octanol–water partition coefficient (Wildman–Crippen LogP) is 3.96. The van der Waals surface area contributed by atoms with Gasteiger partial charge < -0.3 is 0 Å². The van der Waals surface area contributed by atoms with E-state index in [0.717, 1.165) is 6.42 Å². The van der Waals surface area contributed by atoms with Crippen molar-refractivity contribution in [3.05, 3.63) is 47.2 Å². The van der Waals surface area contributed by atoms with E-state index in [1.165, 1.54) is 17.5 Å². The first-order valence-electron chi connectivity index (χ1n) is 4.80. The van der Waals surface area contributed by atoms with Crippen LogP contribution >= 0.6 is 0 Å². The molecule has 0 radical (unpaired) electrons. The van der Waals surface area contributed by atoms with Gasteiger partial charge in [-0.05, 0) is 31.1 Å². The Labute approximate surface area is 80.6 Å². The molecule has 0 nitrogen and oxygen atoms in total. The molecule has 0 saturated heterocycles. The summed E-state index contributed by atoms with van der Waals surface area (Å²) in [6.07, 6.45) is 6.41. The molecule has 0 N–H and O–H groups in total. The fraction of sp³-hybridized carbons (Fsp3) is 0.308. The molecule has 13 heavy (non-hydrogen) atoms. The minimum atomic E-state index is 1.11. The third kappa shape index (κ3) is 3.78. The Morgan fingerprint density at radius 1 is 1.23 bits per heavy atom. The van der Waals surface area contributed by atoms with Crippen LogP contribution in [0.4, 0.5) is 0 Å². The molecule has 0 amide bonds. The lowest BCUT2D eigenvalue weighted by molar-refractivity contribution is 0.960. The number of hydrogen-bond acceptors (Lipinski definition) is 0. The van der Waals surface area contributed by atoms with E-state index in [1.54, 1.807) is 0 Å². The van der Waals surface area contributed by atoms with Gasteiger partial charge in [-0.1, -0.05) is 43.2 Å². The fourth-order valence-electron chi connectivity index (χ4n) is 1.05. The molecule has 0 aliphatic heterocycles.